The van der Waals surface area contributed by atoms with Crippen LogP contribution >= 0.6 is 0 Å². The molecule has 3 aromatic carbocycles. The molecule has 0 aliphatic rings. The van der Waals surface area contributed by atoms with Crippen LogP contribution < -0.4 is 15.4 Å². The van der Waals surface area contributed by atoms with Crippen molar-refractivity contribution in [2.24, 2.45) is 0 Å². The number of hydrogen-bond acceptors (Lipinski definition) is 6. The van der Waals surface area contributed by atoms with Crippen LogP contribution in [0, 0.1) is 0 Å². The van der Waals surface area contributed by atoms with Gasteiger partial charge in [-0.15, -0.1) is 0 Å². The second-order valence-electron chi connectivity index (χ2n) is 8.43. The predicted molar refractivity (Wildman–Crippen MR) is 135 cm³/mol. The van der Waals surface area contributed by atoms with Crippen LogP contribution in [0.5, 0.6) is 5.75 Å². The Labute approximate surface area is 206 Å². The van der Waals surface area contributed by atoms with E-state index in [1.807, 2.05) is 49.4 Å². The molecule has 0 bridgehead atoms. The number of nitrogens with one attached hydrogen (secondary N) is 2. The van der Waals surface area contributed by atoms with Crippen molar-refractivity contribution in [2.45, 2.75) is 39.0 Å². The minimum Gasteiger partial charge on any atom is -0.487 e. The molecule has 2 atom stereocenters. The number of aliphatic hydroxyl groups is 1. The molecule has 35 heavy (non-hydrogen) atoms. The van der Waals surface area contributed by atoms with E-state index in [2.05, 4.69) is 10.6 Å². The summed E-state index contributed by atoms with van der Waals surface area (Å²) in [6.45, 7) is 4.18. The highest BCUT2D eigenvalue weighted by Gasteiger charge is 2.14. The van der Waals surface area contributed by atoms with Gasteiger partial charge in [-0.1, -0.05) is 48.5 Å². The highest BCUT2D eigenvalue weighted by atomic mass is 16.5. The van der Waals surface area contributed by atoms with Crippen LogP contribution in [-0.2, 0) is 22.6 Å². The van der Waals surface area contributed by atoms with Gasteiger partial charge in [-0.25, -0.2) is 4.79 Å². The van der Waals surface area contributed by atoms with Gasteiger partial charge < -0.3 is 25.2 Å². The van der Waals surface area contributed by atoms with Crippen LogP contribution in [0.4, 0.5) is 5.69 Å². The van der Waals surface area contributed by atoms with Crippen LogP contribution in [0.15, 0.2) is 72.8 Å². The highest BCUT2D eigenvalue weighted by molar-refractivity contribution is 5.90. The Bertz CT molecular complexity index is 1120. The van der Waals surface area contributed by atoms with Gasteiger partial charge in [0.05, 0.1) is 24.5 Å². The summed E-state index contributed by atoms with van der Waals surface area (Å²) in [5.74, 6) is -0.0381. The summed E-state index contributed by atoms with van der Waals surface area (Å²) in [6.07, 6.45) is -0.0350. The van der Waals surface area contributed by atoms with Crippen molar-refractivity contribution in [3.8, 4) is 5.75 Å². The number of methoxy groups -OCH3 is 1. The number of amides is 1. The summed E-state index contributed by atoms with van der Waals surface area (Å²) in [6, 6.07) is 22.4. The van der Waals surface area contributed by atoms with Crippen molar-refractivity contribution in [3.05, 3.63) is 95.1 Å². The molecule has 0 aliphatic heterocycles. The zero-order valence-corrected chi connectivity index (χ0v) is 20.3. The first-order valence-electron chi connectivity index (χ1n) is 11.5. The molecule has 0 aromatic heterocycles. The lowest BCUT2D eigenvalue weighted by molar-refractivity contribution is -0.114. The molecule has 0 saturated carbocycles. The van der Waals surface area contributed by atoms with E-state index in [0.29, 0.717) is 35.7 Å². The molecule has 0 radical (unpaired) electrons. The van der Waals surface area contributed by atoms with Crippen LogP contribution in [-0.4, -0.2) is 36.7 Å². The normalized spacial score (nSPS) is 12.5. The number of hydrogen-bond donors (Lipinski definition) is 3. The topological polar surface area (TPSA) is 96.9 Å². The summed E-state index contributed by atoms with van der Waals surface area (Å²) in [5, 5.41) is 16.9. The van der Waals surface area contributed by atoms with Crippen LogP contribution in [0.1, 0.15) is 47.0 Å². The summed E-state index contributed by atoms with van der Waals surface area (Å²) in [4.78, 5) is 23.3. The standard InChI is InChI=1S/C28H32N2O5/c1-19(15-21-9-11-23(12-10-21)28(33)34-3)29-17-26(32)24-13-14-27(25(16-24)30-20(2)31)35-18-22-7-5-4-6-8-22/h4-14,16,19,26,29,32H,15,17-18H2,1-3H3,(H,30,31). The molecule has 3 N–H and O–H groups in total. The summed E-state index contributed by atoms with van der Waals surface area (Å²) >= 11 is 0. The third-order valence-electron chi connectivity index (χ3n) is 5.51. The first-order valence-corrected chi connectivity index (χ1v) is 11.5. The Morgan fingerprint density at radius 2 is 1.69 bits per heavy atom. The second-order valence-corrected chi connectivity index (χ2v) is 8.43. The molecule has 3 rings (SSSR count). The van der Waals surface area contributed by atoms with Gasteiger partial charge in [0, 0.05) is 19.5 Å². The maximum absolute atomic E-state index is 11.7. The maximum Gasteiger partial charge on any atom is 0.337 e. The first-order chi connectivity index (χ1) is 16.9. The third-order valence-corrected chi connectivity index (χ3v) is 5.51. The van der Waals surface area contributed by atoms with Crippen molar-refractivity contribution in [3.63, 3.8) is 0 Å². The first kappa shape index (κ1) is 25.9. The zero-order valence-electron chi connectivity index (χ0n) is 20.3. The smallest absolute Gasteiger partial charge is 0.337 e. The van der Waals surface area contributed by atoms with Crippen LogP contribution in [0.25, 0.3) is 0 Å². The fourth-order valence-corrected chi connectivity index (χ4v) is 3.65. The molecule has 0 saturated heterocycles. The molecule has 1 amide bonds. The number of benzene rings is 3. The van der Waals surface area contributed by atoms with E-state index in [4.69, 9.17) is 9.47 Å². The predicted octanol–water partition coefficient (Wildman–Crippen LogP) is 4.26. The number of ether oxygens (including phenoxy) is 2. The Kier molecular flexibility index (Phi) is 9.40. The quantitative estimate of drug-likeness (QED) is 0.358. The summed E-state index contributed by atoms with van der Waals surface area (Å²) in [5.41, 5.74) is 3.79. The summed E-state index contributed by atoms with van der Waals surface area (Å²) < 4.78 is 10.6. The van der Waals surface area contributed by atoms with E-state index in [0.717, 1.165) is 17.5 Å². The molecule has 2 unspecified atom stereocenters. The van der Waals surface area contributed by atoms with E-state index >= 15 is 0 Å². The molecule has 0 spiro atoms. The maximum atomic E-state index is 11.7. The Balaban J connectivity index is 1.58. The average molecular weight is 477 g/mol. The molecule has 0 aliphatic carbocycles. The van der Waals surface area contributed by atoms with Crippen molar-refractivity contribution in [1.29, 1.82) is 0 Å². The minimum atomic E-state index is -0.769. The van der Waals surface area contributed by atoms with Gasteiger partial charge in [-0.3, -0.25) is 4.79 Å². The van der Waals surface area contributed by atoms with Gasteiger partial charge >= 0.3 is 5.97 Å². The number of rotatable bonds is 11. The van der Waals surface area contributed by atoms with Gasteiger partial charge in [0.1, 0.15) is 12.4 Å². The van der Waals surface area contributed by atoms with Gasteiger partial charge in [0.25, 0.3) is 0 Å². The third kappa shape index (κ3) is 7.95. The van der Waals surface area contributed by atoms with E-state index in [1.165, 1.54) is 14.0 Å². The minimum absolute atomic E-state index is 0.0944. The van der Waals surface area contributed by atoms with Gasteiger partial charge in [-0.2, -0.15) is 0 Å². The van der Waals surface area contributed by atoms with Gasteiger partial charge in [0.15, 0.2) is 0 Å². The highest BCUT2D eigenvalue weighted by Crippen LogP contribution is 2.29. The van der Waals surface area contributed by atoms with Crippen molar-refractivity contribution in [2.75, 3.05) is 19.0 Å². The zero-order chi connectivity index (χ0) is 25.2. The Morgan fingerprint density at radius 1 is 0.971 bits per heavy atom. The molecule has 7 heteroatoms. The molecule has 184 valence electrons. The van der Waals surface area contributed by atoms with Crippen molar-refractivity contribution < 1.29 is 24.2 Å². The SMILES string of the molecule is COC(=O)c1ccc(CC(C)NCC(O)c2ccc(OCc3ccccc3)c(NC(C)=O)c2)cc1. The molecule has 3 aromatic rings. The number of carbonyl (C=O) groups is 2. The summed E-state index contributed by atoms with van der Waals surface area (Å²) in [7, 11) is 1.36. The van der Waals surface area contributed by atoms with E-state index < -0.39 is 6.10 Å². The largest absolute Gasteiger partial charge is 0.487 e. The number of carbonyl (C=O) groups excluding carboxylic acids is 2. The molecular formula is C28H32N2O5. The lowest BCUT2D eigenvalue weighted by Gasteiger charge is -2.19. The van der Waals surface area contributed by atoms with Crippen molar-refractivity contribution in [1.82, 2.24) is 5.32 Å². The average Bonchev–Trinajstić information content (AvgIpc) is 2.86. The Hall–Kier alpha value is -3.68. The fraction of sp³-hybridized carbons (Fsp3) is 0.286. The van der Waals surface area contributed by atoms with Gasteiger partial charge in [0.2, 0.25) is 5.91 Å². The van der Waals surface area contributed by atoms with E-state index in [1.54, 1.807) is 30.3 Å². The molecule has 7 nitrogen and oxygen atoms in total. The lowest BCUT2D eigenvalue weighted by atomic mass is 10.0. The van der Waals surface area contributed by atoms with E-state index in [-0.39, 0.29) is 17.9 Å². The number of aliphatic hydroxyl groups excluding tert-OH is 1. The van der Waals surface area contributed by atoms with Crippen LogP contribution in [0.2, 0.25) is 0 Å². The van der Waals surface area contributed by atoms with Crippen LogP contribution in [0.3, 0.4) is 0 Å². The fourth-order valence-electron chi connectivity index (χ4n) is 3.65. The number of esters is 1. The van der Waals surface area contributed by atoms with Gasteiger partial charge in [-0.05, 0) is 54.3 Å². The monoisotopic (exact) mass is 476 g/mol. The number of anilines is 1. The molecule has 0 fully saturated rings. The van der Waals surface area contributed by atoms with Crippen molar-refractivity contribution >= 4 is 17.6 Å². The second kappa shape index (κ2) is 12.7. The lowest BCUT2D eigenvalue weighted by Crippen LogP contribution is -2.32. The van der Waals surface area contributed by atoms with E-state index in [9.17, 15) is 14.7 Å². The molecule has 0 heterocycles. The molecular weight excluding hydrogens is 444 g/mol. The Morgan fingerprint density at radius 3 is 2.34 bits per heavy atom.